The number of hydrogen-bond donors (Lipinski definition) is 0. The Morgan fingerprint density at radius 3 is 3.06 bits per heavy atom. The summed E-state index contributed by atoms with van der Waals surface area (Å²) in [6, 6.07) is 0. The van der Waals surface area contributed by atoms with Crippen LogP contribution in [-0.2, 0) is 6.54 Å². The minimum absolute atomic E-state index is 0.442. The molecule has 4 nitrogen and oxygen atoms in total. The van der Waals surface area contributed by atoms with Crippen LogP contribution in [0, 0.1) is 0 Å². The third-order valence-corrected chi connectivity index (χ3v) is 3.29. The Morgan fingerprint density at radius 1 is 1.41 bits per heavy atom. The van der Waals surface area contributed by atoms with Gasteiger partial charge in [0, 0.05) is 25.2 Å². The second-order valence-electron chi connectivity index (χ2n) is 4.15. The van der Waals surface area contributed by atoms with Gasteiger partial charge in [-0.05, 0) is 34.5 Å². The third kappa shape index (κ3) is 2.01. The predicted molar refractivity (Wildman–Crippen MR) is 66.4 cm³/mol. The highest BCUT2D eigenvalue weighted by atomic mass is 79.9. The van der Waals surface area contributed by atoms with Crippen molar-refractivity contribution < 1.29 is 4.39 Å². The number of aryl methyl sites for hydroxylation is 1. The van der Waals surface area contributed by atoms with E-state index in [0.29, 0.717) is 11.2 Å². The smallest absolute Gasteiger partial charge is 0.229 e. The zero-order chi connectivity index (χ0) is 11.8. The van der Waals surface area contributed by atoms with Gasteiger partial charge >= 0.3 is 0 Å². The van der Waals surface area contributed by atoms with E-state index in [1.807, 2.05) is 16.8 Å². The molecular formula is C11H12BrFN4. The Balaban J connectivity index is 1.93. The van der Waals surface area contributed by atoms with E-state index < -0.39 is 6.17 Å². The van der Waals surface area contributed by atoms with E-state index in [1.54, 1.807) is 6.08 Å². The molecule has 1 atom stereocenters. The summed E-state index contributed by atoms with van der Waals surface area (Å²) in [4.78, 5) is 6.44. The van der Waals surface area contributed by atoms with Crippen LogP contribution in [0.3, 0.4) is 0 Å². The predicted octanol–water partition coefficient (Wildman–Crippen LogP) is 2.43. The maximum atomic E-state index is 13.0. The zero-order valence-electron chi connectivity index (χ0n) is 9.18. The summed E-state index contributed by atoms with van der Waals surface area (Å²) in [5, 5.41) is 4.27. The lowest BCUT2D eigenvalue weighted by Crippen LogP contribution is -2.32. The maximum Gasteiger partial charge on any atom is 0.229 e. The molecule has 0 spiro atoms. The van der Waals surface area contributed by atoms with Crippen molar-refractivity contribution in [1.82, 2.24) is 14.8 Å². The molecule has 1 aliphatic carbocycles. The summed E-state index contributed by atoms with van der Waals surface area (Å²) in [5.74, 6) is 0.830. The van der Waals surface area contributed by atoms with Crippen LogP contribution >= 0.6 is 15.9 Å². The molecule has 0 aromatic carbocycles. The van der Waals surface area contributed by atoms with Crippen molar-refractivity contribution in [2.24, 2.45) is 0 Å². The molecule has 1 aromatic heterocycles. The van der Waals surface area contributed by atoms with Crippen LogP contribution in [0.5, 0.6) is 0 Å². The standard InChI is InChI=1S/C11H12BrFN4/c12-10-14-11-16(6-1-7-17(11)15-10)9-4-2-8(13)3-5-9/h2,4-5,8H,1,3,6-7H2. The second kappa shape index (κ2) is 4.25. The average molecular weight is 299 g/mol. The Labute approximate surface area is 107 Å². The lowest BCUT2D eigenvalue weighted by atomic mass is 10.1. The fraction of sp³-hybridized carbons (Fsp3) is 0.455. The van der Waals surface area contributed by atoms with Crippen LogP contribution in [-0.4, -0.2) is 27.5 Å². The molecule has 0 fully saturated rings. The molecule has 2 aliphatic rings. The van der Waals surface area contributed by atoms with Crippen LogP contribution < -0.4 is 4.90 Å². The number of aromatic nitrogens is 3. The van der Waals surface area contributed by atoms with E-state index in [-0.39, 0.29) is 0 Å². The first-order valence-electron chi connectivity index (χ1n) is 5.64. The van der Waals surface area contributed by atoms with Crippen LogP contribution in [0.1, 0.15) is 12.8 Å². The van der Waals surface area contributed by atoms with E-state index in [2.05, 4.69) is 30.9 Å². The van der Waals surface area contributed by atoms with Crippen LogP contribution in [0.15, 0.2) is 28.7 Å². The number of anilines is 1. The monoisotopic (exact) mass is 298 g/mol. The molecule has 2 heterocycles. The summed E-state index contributed by atoms with van der Waals surface area (Å²) in [5.41, 5.74) is 1.01. The average Bonchev–Trinajstić information content (AvgIpc) is 2.70. The number of allylic oxidation sites excluding steroid dienone is 3. The van der Waals surface area contributed by atoms with Gasteiger partial charge in [-0.1, -0.05) is 6.08 Å². The lowest BCUT2D eigenvalue weighted by Gasteiger charge is -2.29. The molecule has 0 saturated heterocycles. The number of hydrogen-bond acceptors (Lipinski definition) is 3. The largest absolute Gasteiger partial charge is 0.311 e. The first-order chi connectivity index (χ1) is 8.24. The molecule has 1 aliphatic heterocycles. The number of alkyl halides is 1. The summed E-state index contributed by atoms with van der Waals surface area (Å²) in [7, 11) is 0. The van der Waals surface area contributed by atoms with Crippen molar-refractivity contribution in [3.8, 4) is 0 Å². The number of rotatable bonds is 1. The molecular weight excluding hydrogens is 287 g/mol. The molecule has 0 bridgehead atoms. The number of halogens is 2. The SMILES string of the molecule is FC1C=CC(N2CCCn3nc(Br)nc32)=CC1. The fourth-order valence-electron chi connectivity index (χ4n) is 2.16. The molecule has 1 aromatic rings. The molecule has 0 radical (unpaired) electrons. The van der Waals surface area contributed by atoms with E-state index in [1.165, 1.54) is 0 Å². The van der Waals surface area contributed by atoms with E-state index >= 15 is 0 Å². The topological polar surface area (TPSA) is 34.0 Å². The molecule has 1 unspecified atom stereocenters. The van der Waals surface area contributed by atoms with Crippen molar-refractivity contribution >= 4 is 21.9 Å². The molecule has 0 N–H and O–H groups in total. The van der Waals surface area contributed by atoms with Crippen LogP contribution in [0.2, 0.25) is 0 Å². The molecule has 6 heteroatoms. The van der Waals surface area contributed by atoms with Gasteiger partial charge in [0.15, 0.2) is 0 Å². The van der Waals surface area contributed by atoms with Gasteiger partial charge in [0.2, 0.25) is 10.7 Å². The van der Waals surface area contributed by atoms with Crippen molar-refractivity contribution in [2.45, 2.75) is 25.6 Å². The van der Waals surface area contributed by atoms with E-state index in [4.69, 9.17) is 0 Å². The first-order valence-corrected chi connectivity index (χ1v) is 6.43. The highest BCUT2D eigenvalue weighted by Crippen LogP contribution is 2.26. The summed E-state index contributed by atoms with van der Waals surface area (Å²) < 4.78 is 15.5. The van der Waals surface area contributed by atoms with Crippen LogP contribution in [0.4, 0.5) is 10.3 Å². The molecule has 90 valence electrons. The Bertz CT molecular complexity index is 494. The van der Waals surface area contributed by atoms with Gasteiger partial charge in [0.25, 0.3) is 0 Å². The summed E-state index contributed by atoms with van der Waals surface area (Å²) in [6.45, 7) is 1.78. The second-order valence-corrected chi connectivity index (χ2v) is 4.86. The zero-order valence-corrected chi connectivity index (χ0v) is 10.8. The minimum Gasteiger partial charge on any atom is -0.311 e. The summed E-state index contributed by atoms with van der Waals surface area (Å²) in [6.07, 6.45) is 5.95. The van der Waals surface area contributed by atoms with Crippen molar-refractivity contribution in [2.75, 3.05) is 11.4 Å². The first kappa shape index (κ1) is 11.0. The third-order valence-electron chi connectivity index (χ3n) is 2.96. The van der Waals surface area contributed by atoms with Crippen molar-refractivity contribution in [3.63, 3.8) is 0 Å². The van der Waals surface area contributed by atoms with Crippen LogP contribution in [0.25, 0.3) is 0 Å². The normalized spacial score (nSPS) is 23.5. The number of nitrogens with zero attached hydrogens (tertiary/aromatic N) is 4. The summed E-state index contributed by atoms with van der Waals surface area (Å²) >= 11 is 3.29. The van der Waals surface area contributed by atoms with Gasteiger partial charge in [-0.25, -0.2) is 9.07 Å². The maximum absolute atomic E-state index is 13.0. The van der Waals surface area contributed by atoms with Gasteiger partial charge < -0.3 is 4.90 Å². The van der Waals surface area contributed by atoms with E-state index in [9.17, 15) is 4.39 Å². The Kier molecular flexibility index (Phi) is 2.74. The number of fused-ring (bicyclic) bond motifs is 1. The highest BCUT2D eigenvalue weighted by Gasteiger charge is 2.23. The molecule has 0 saturated carbocycles. The Hall–Kier alpha value is -1.17. The molecule has 17 heavy (non-hydrogen) atoms. The quantitative estimate of drug-likeness (QED) is 0.798. The molecule has 3 rings (SSSR count). The van der Waals surface area contributed by atoms with Gasteiger partial charge in [0.1, 0.15) is 6.17 Å². The fourth-order valence-corrected chi connectivity index (χ4v) is 2.51. The van der Waals surface area contributed by atoms with E-state index in [0.717, 1.165) is 31.2 Å². The Morgan fingerprint density at radius 2 is 2.29 bits per heavy atom. The lowest BCUT2D eigenvalue weighted by molar-refractivity contribution is 0.399. The van der Waals surface area contributed by atoms with Gasteiger partial charge in [0.05, 0.1) is 0 Å². The van der Waals surface area contributed by atoms with Crippen molar-refractivity contribution in [3.05, 3.63) is 28.7 Å². The molecule has 0 amide bonds. The minimum atomic E-state index is -0.854. The van der Waals surface area contributed by atoms with Gasteiger partial charge in [-0.2, -0.15) is 4.98 Å². The van der Waals surface area contributed by atoms with Gasteiger partial charge in [-0.15, -0.1) is 5.10 Å². The van der Waals surface area contributed by atoms with Crippen molar-refractivity contribution in [1.29, 1.82) is 0 Å². The highest BCUT2D eigenvalue weighted by molar-refractivity contribution is 9.10. The van der Waals surface area contributed by atoms with Gasteiger partial charge in [-0.3, -0.25) is 0 Å².